The summed E-state index contributed by atoms with van der Waals surface area (Å²) in [5.74, 6) is -0.0403. The molecular formula is C22H22FN3O3. The number of rotatable bonds is 6. The lowest BCUT2D eigenvalue weighted by Gasteiger charge is -2.13. The number of H-pyrrole nitrogens is 1. The van der Waals surface area contributed by atoms with E-state index in [2.05, 4.69) is 15.5 Å². The molecule has 1 aliphatic heterocycles. The molecule has 1 unspecified atom stereocenters. The second kappa shape index (κ2) is 8.45. The number of ether oxygens (including phenoxy) is 2. The van der Waals surface area contributed by atoms with E-state index in [0.29, 0.717) is 23.6 Å². The van der Waals surface area contributed by atoms with Crippen molar-refractivity contribution in [3.05, 3.63) is 59.0 Å². The van der Waals surface area contributed by atoms with E-state index in [1.165, 1.54) is 19.2 Å². The molecule has 1 amide bonds. The maximum Gasteiger partial charge on any atom is 0.255 e. The van der Waals surface area contributed by atoms with E-state index in [-0.39, 0.29) is 17.8 Å². The normalized spacial score (nSPS) is 16.6. The average Bonchev–Trinajstić information content (AvgIpc) is 3.40. The lowest BCUT2D eigenvalue weighted by molar-refractivity contribution is 0.0855. The number of amides is 1. The van der Waals surface area contributed by atoms with Gasteiger partial charge in [0.05, 0.1) is 35.4 Å². The lowest BCUT2D eigenvalue weighted by Crippen LogP contribution is -2.32. The first-order valence-corrected chi connectivity index (χ1v) is 9.54. The fraction of sp³-hybridized carbons (Fsp3) is 0.273. The van der Waals surface area contributed by atoms with E-state index >= 15 is 0 Å². The van der Waals surface area contributed by atoms with Gasteiger partial charge in [-0.2, -0.15) is 5.10 Å². The summed E-state index contributed by atoms with van der Waals surface area (Å²) < 4.78 is 24.2. The smallest absolute Gasteiger partial charge is 0.255 e. The predicted molar refractivity (Wildman–Crippen MR) is 109 cm³/mol. The minimum Gasteiger partial charge on any atom is -0.495 e. The Hall–Kier alpha value is -3.19. The maximum atomic E-state index is 13.1. The Morgan fingerprint density at radius 2 is 2.14 bits per heavy atom. The molecule has 1 aliphatic rings. The Kier molecular flexibility index (Phi) is 5.57. The number of hydrogen-bond donors (Lipinski definition) is 2. The summed E-state index contributed by atoms with van der Waals surface area (Å²) in [6.45, 7) is 1.22. The van der Waals surface area contributed by atoms with Crippen molar-refractivity contribution in [2.45, 2.75) is 18.9 Å². The highest BCUT2D eigenvalue weighted by Crippen LogP contribution is 2.32. The van der Waals surface area contributed by atoms with Crippen molar-refractivity contribution in [3.8, 4) is 5.75 Å². The van der Waals surface area contributed by atoms with Crippen LogP contribution in [0.3, 0.4) is 0 Å². The molecule has 1 atom stereocenters. The Bertz CT molecular complexity index is 1040. The number of hydrogen-bond acceptors (Lipinski definition) is 4. The third-order valence-electron chi connectivity index (χ3n) is 4.98. The van der Waals surface area contributed by atoms with Crippen molar-refractivity contribution in [2.24, 2.45) is 0 Å². The number of nitrogens with zero attached hydrogens (tertiary/aromatic N) is 1. The summed E-state index contributed by atoms with van der Waals surface area (Å²) in [6, 6.07) is 9.70. The fourth-order valence-corrected chi connectivity index (χ4v) is 3.47. The zero-order valence-electron chi connectivity index (χ0n) is 16.1. The molecule has 0 bridgehead atoms. The zero-order chi connectivity index (χ0) is 20.2. The van der Waals surface area contributed by atoms with Gasteiger partial charge in [-0.3, -0.25) is 9.89 Å². The van der Waals surface area contributed by atoms with Gasteiger partial charge in [-0.05, 0) is 48.7 Å². The van der Waals surface area contributed by atoms with E-state index in [9.17, 15) is 9.18 Å². The predicted octanol–water partition coefficient (Wildman–Crippen LogP) is 3.79. The van der Waals surface area contributed by atoms with Crippen LogP contribution in [0, 0.1) is 5.82 Å². The Balaban J connectivity index is 1.62. The topological polar surface area (TPSA) is 76.2 Å². The van der Waals surface area contributed by atoms with Crippen LogP contribution < -0.4 is 10.1 Å². The standard InChI is InChI=1S/C22H22FN3O3/c1-28-21-17(22(27)24-13-16-3-2-12-29-16)9-11-19-20(21)18(25-26-19)10-6-14-4-7-15(23)8-5-14/h4-11,16H,2-3,12-13H2,1H3,(H,24,27)(H,25,26)/b10-6+. The molecule has 7 heteroatoms. The van der Waals surface area contributed by atoms with Gasteiger partial charge in [0, 0.05) is 13.2 Å². The van der Waals surface area contributed by atoms with Gasteiger partial charge >= 0.3 is 0 Å². The molecule has 2 N–H and O–H groups in total. The van der Waals surface area contributed by atoms with E-state index in [4.69, 9.17) is 9.47 Å². The first-order chi connectivity index (χ1) is 14.2. The Morgan fingerprint density at radius 3 is 2.86 bits per heavy atom. The van der Waals surface area contributed by atoms with Gasteiger partial charge in [0.25, 0.3) is 5.91 Å². The van der Waals surface area contributed by atoms with Crippen molar-refractivity contribution in [1.82, 2.24) is 15.5 Å². The number of aromatic nitrogens is 2. The van der Waals surface area contributed by atoms with Gasteiger partial charge in [0.15, 0.2) is 0 Å². The molecule has 29 heavy (non-hydrogen) atoms. The van der Waals surface area contributed by atoms with E-state index in [0.717, 1.165) is 35.9 Å². The lowest BCUT2D eigenvalue weighted by atomic mass is 10.1. The first-order valence-electron chi connectivity index (χ1n) is 9.54. The number of nitrogens with one attached hydrogen (secondary N) is 2. The number of carbonyl (C=O) groups is 1. The largest absolute Gasteiger partial charge is 0.495 e. The molecule has 150 valence electrons. The van der Waals surface area contributed by atoms with Crippen LogP contribution in [0.2, 0.25) is 0 Å². The summed E-state index contributed by atoms with van der Waals surface area (Å²) in [4.78, 5) is 12.7. The number of halogens is 1. The van der Waals surface area contributed by atoms with E-state index in [1.807, 2.05) is 12.2 Å². The van der Waals surface area contributed by atoms with Crippen LogP contribution in [0.15, 0.2) is 36.4 Å². The number of aromatic amines is 1. The van der Waals surface area contributed by atoms with Crippen LogP contribution in [0.5, 0.6) is 5.75 Å². The average molecular weight is 395 g/mol. The monoisotopic (exact) mass is 395 g/mol. The SMILES string of the molecule is COc1c(C(=O)NCC2CCCO2)ccc2[nH]nc(/C=C/c3ccc(F)cc3)c12. The molecule has 1 saturated heterocycles. The highest BCUT2D eigenvalue weighted by Gasteiger charge is 2.21. The van der Waals surface area contributed by atoms with Crippen molar-refractivity contribution in [2.75, 3.05) is 20.3 Å². The third kappa shape index (κ3) is 4.14. The minimum atomic E-state index is -0.285. The van der Waals surface area contributed by atoms with Gasteiger partial charge in [0.1, 0.15) is 11.6 Å². The summed E-state index contributed by atoms with van der Waals surface area (Å²) in [5, 5.41) is 10.9. The number of fused-ring (bicyclic) bond motifs is 1. The molecule has 1 aromatic heterocycles. The number of carbonyl (C=O) groups excluding carboxylic acids is 1. The van der Waals surface area contributed by atoms with Crippen LogP contribution in [0.1, 0.15) is 34.5 Å². The van der Waals surface area contributed by atoms with Crippen LogP contribution in [-0.4, -0.2) is 42.5 Å². The van der Waals surface area contributed by atoms with Crippen LogP contribution in [0.25, 0.3) is 23.1 Å². The summed E-state index contributed by atoms with van der Waals surface area (Å²) in [7, 11) is 1.53. The van der Waals surface area contributed by atoms with Crippen LogP contribution in [-0.2, 0) is 4.74 Å². The molecule has 0 spiro atoms. The van der Waals surface area contributed by atoms with Crippen molar-refractivity contribution < 1.29 is 18.7 Å². The Morgan fingerprint density at radius 1 is 1.31 bits per heavy atom. The zero-order valence-corrected chi connectivity index (χ0v) is 16.1. The molecule has 3 aromatic rings. The van der Waals surface area contributed by atoms with Gasteiger partial charge < -0.3 is 14.8 Å². The van der Waals surface area contributed by atoms with Crippen molar-refractivity contribution in [3.63, 3.8) is 0 Å². The quantitative estimate of drug-likeness (QED) is 0.666. The minimum absolute atomic E-state index is 0.0665. The molecule has 2 aromatic carbocycles. The molecule has 2 heterocycles. The summed E-state index contributed by atoms with van der Waals surface area (Å²) in [5.41, 5.74) is 2.68. The molecule has 0 saturated carbocycles. The highest BCUT2D eigenvalue weighted by atomic mass is 19.1. The Labute approximate surface area is 167 Å². The molecule has 1 fully saturated rings. The fourth-order valence-electron chi connectivity index (χ4n) is 3.47. The maximum absolute atomic E-state index is 13.1. The van der Waals surface area contributed by atoms with Gasteiger partial charge in [-0.15, -0.1) is 0 Å². The van der Waals surface area contributed by atoms with Crippen LogP contribution in [0.4, 0.5) is 4.39 Å². The number of methoxy groups -OCH3 is 1. The van der Waals surface area contributed by atoms with Gasteiger partial charge in [-0.25, -0.2) is 4.39 Å². The van der Waals surface area contributed by atoms with E-state index < -0.39 is 0 Å². The first kappa shape index (κ1) is 19.1. The molecule has 6 nitrogen and oxygen atoms in total. The third-order valence-corrected chi connectivity index (χ3v) is 4.98. The molecule has 0 aliphatic carbocycles. The molecule has 0 radical (unpaired) electrons. The molecule has 4 rings (SSSR count). The van der Waals surface area contributed by atoms with Gasteiger partial charge in [-0.1, -0.05) is 18.2 Å². The number of benzene rings is 2. The van der Waals surface area contributed by atoms with Crippen LogP contribution >= 0.6 is 0 Å². The summed E-state index contributed by atoms with van der Waals surface area (Å²) >= 11 is 0. The second-order valence-corrected chi connectivity index (χ2v) is 6.91. The summed E-state index contributed by atoms with van der Waals surface area (Å²) in [6.07, 6.45) is 5.68. The van der Waals surface area contributed by atoms with Gasteiger partial charge in [0.2, 0.25) is 0 Å². The van der Waals surface area contributed by atoms with Crippen molar-refractivity contribution >= 4 is 29.0 Å². The second-order valence-electron chi connectivity index (χ2n) is 6.91. The molecular weight excluding hydrogens is 373 g/mol. The van der Waals surface area contributed by atoms with E-state index in [1.54, 1.807) is 24.3 Å². The highest BCUT2D eigenvalue weighted by molar-refractivity contribution is 6.05. The van der Waals surface area contributed by atoms with Crippen molar-refractivity contribution in [1.29, 1.82) is 0 Å².